The monoisotopic (exact) mass is 1770 g/mol. The van der Waals surface area contributed by atoms with Gasteiger partial charge in [-0.3, -0.25) is 97.1 Å². The Labute approximate surface area is 738 Å². The van der Waals surface area contributed by atoms with Crippen molar-refractivity contribution >= 4 is 106 Å². The van der Waals surface area contributed by atoms with Gasteiger partial charge in [-0.1, -0.05) is 101 Å². The number of allylic oxidation sites excluding steroid dienone is 12. The van der Waals surface area contributed by atoms with Gasteiger partial charge < -0.3 is 70.2 Å². The summed E-state index contributed by atoms with van der Waals surface area (Å²) < 4.78 is 44.3. The van der Waals surface area contributed by atoms with Crippen LogP contribution in [0.5, 0.6) is 0 Å². The predicted molar refractivity (Wildman–Crippen MR) is 454 cm³/mol. The number of Topliss-reactive ketones (excluding diaryl/α,β-unsaturated/α-hetero) is 4. The zero-order valence-corrected chi connectivity index (χ0v) is 73.2. The van der Waals surface area contributed by atoms with Crippen molar-refractivity contribution in [3.63, 3.8) is 0 Å². The third kappa shape index (κ3) is 24.1. The molecule has 2 saturated heterocycles. The number of fused-ring (bicyclic) bond motifs is 6. The molecule has 4 heterocycles. The number of aliphatic hydroxyl groups excluding tert-OH is 2. The summed E-state index contributed by atoms with van der Waals surface area (Å²) in [6.07, 6.45) is 4.30. The largest absolute Gasteiger partial charge is 0.464 e. The van der Waals surface area contributed by atoms with E-state index in [1.54, 1.807) is 65.8 Å². The number of nitrogens with two attached hydrogens (primary N) is 2. The Morgan fingerprint density at radius 2 is 0.875 bits per heavy atom. The number of hydrogen-bond acceptors (Lipinski definition) is 30. The molecule has 36 nitrogen and oxygen atoms in total. The second kappa shape index (κ2) is 44.6. The maximum Gasteiger partial charge on any atom is 0.405 e. The van der Waals surface area contributed by atoms with Crippen molar-refractivity contribution in [2.45, 2.75) is 193 Å². The predicted octanol–water partition coefficient (Wildman–Crippen LogP) is 4.85. The van der Waals surface area contributed by atoms with Crippen LogP contribution < -0.4 is 32.7 Å². The summed E-state index contributed by atoms with van der Waals surface area (Å²) in [5, 5.41) is 33.1. The third-order valence-electron chi connectivity index (χ3n) is 23.2. The van der Waals surface area contributed by atoms with Crippen molar-refractivity contribution in [2.24, 2.45) is 35.1 Å². The fourth-order valence-electron chi connectivity index (χ4n) is 16.5. The lowest BCUT2D eigenvalue weighted by Gasteiger charge is -2.30. The minimum Gasteiger partial charge on any atom is -0.464 e. The minimum absolute atomic E-state index is 0.0101. The number of piperidine rings is 2. The number of carbonyl (C=O) groups is 18. The van der Waals surface area contributed by atoms with Gasteiger partial charge in [0.2, 0.25) is 35.2 Å². The van der Waals surface area contributed by atoms with Crippen LogP contribution in [0.25, 0.3) is 0 Å². The molecular formula is C92H108N8O28. The Kier molecular flexibility index (Phi) is 34.5. The summed E-state index contributed by atoms with van der Waals surface area (Å²) >= 11 is 0. The number of carbonyl (C=O) groups excluding carboxylic acids is 18. The molecule has 0 radical (unpaired) electrons. The van der Waals surface area contributed by atoms with Crippen molar-refractivity contribution in [1.82, 2.24) is 31.1 Å². The van der Waals surface area contributed by atoms with Gasteiger partial charge in [0.05, 0.1) is 70.9 Å². The summed E-state index contributed by atoms with van der Waals surface area (Å²) in [4.78, 5) is 236. The number of nitrogens with zero attached hydrogens (tertiary/aromatic N) is 2. The van der Waals surface area contributed by atoms with E-state index in [0.717, 1.165) is 22.0 Å². The van der Waals surface area contributed by atoms with Gasteiger partial charge in [0.1, 0.15) is 37.5 Å². The van der Waals surface area contributed by atoms with E-state index in [1.165, 1.54) is 89.1 Å². The van der Waals surface area contributed by atoms with E-state index in [1.807, 2.05) is 13.8 Å². The van der Waals surface area contributed by atoms with Crippen LogP contribution in [0.2, 0.25) is 0 Å². The van der Waals surface area contributed by atoms with Crippen LogP contribution in [0.15, 0.2) is 153 Å². The van der Waals surface area contributed by atoms with Gasteiger partial charge in [-0.15, -0.1) is 0 Å². The highest BCUT2D eigenvalue weighted by atomic mass is 16.6. The average molecular weight is 1770 g/mol. The van der Waals surface area contributed by atoms with E-state index in [-0.39, 0.29) is 181 Å². The Balaban J connectivity index is 0.000000289. The standard InChI is InChI=1S/2C46H54N4O14/c2*1-23-17-30-39(48-15-16-63-37(54)22-27-10-8-11-29-38(27)45(59)50(44(29)58)31-13-14-36(53)49-43(31)57)33(52)21-28(41(30)56)20-32(51)24(2)9-7-12-34(61-5)42(64-46(47)60)26(4)19-25(3)40(55)35(18-23)62-6/h2*7-12,19,21,23,25,31,34-35,40,42,48,55H,13-18,20,22H2,1-6H3,(H2,47,60)(H,49,53,57)/b2*12-7-,24-9+,26-19+/t23-,25+,31+,34+,35+,40+,42+;23-,25+,31-,34+,35+,40+,42+/m11/s1. The number of aliphatic hydroxyl groups is 2. The van der Waals surface area contributed by atoms with Gasteiger partial charge >= 0.3 is 24.1 Å². The zero-order chi connectivity index (χ0) is 94.0. The molecular weight excluding hydrogens is 1670 g/mol. The van der Waals surface area contributed by atoms with Gasteiger partial charge in [-0.05, 0) is 136 Å². The molecule has 4 aliphatic heterocycles. The molecule has 0 aromatic heterocycles. The number of primary amides is 2. The summed E-state index contributed by atoms with van der Waals surface area (Å²) in [6.45, 7) is 12.9. The average Bonchev–Trinajstić information content (AvgIpc) is 1.62. The molecule has 10 rings (SSSR count). The summed E-state index contributed by atoms with van der Waals surface area (Å²) in [7, 11) is 5.69. The minimum atomic E-state index is -1.18. The molecule has 14 atom stereocenters. The molecule has 2 aromatic carbocycles. The number of ether oxygens (including phenoxy) is 8. The summed E-state index contributed by atoms with van der Waals surface area (Å²) in [6, 6.07) is 6.42. The first-order valence-corrected chi connectivity index (χ1v) is 41.8. The molecule has 10 amide bonds. The van der Waals surface area contributed by atoms with Crippen LogP contribution >= 0.6 is 0 Å². The Morgan fingerprint density at radius 1 is 0.508 bits per heavy atom. The highest BCUT2D eigenvalue weighted by molar-refractivity contribution is 6.27. The number of imide groups is 4. The van der Waals surface area contributed by atoms with Crippen LogP contribution in [0.4, 0.5) is 9.59 Å². The van der Waals surface area contributed by atoms with E-state index in [2.05, 4.69) is 21.3 Å². The van der Waals surface area contributed by atoms with Crippen LogP contribution in [0.1, 0.15) is 172 Å². The van der Waals surface area contributed by atoms with Crippen molar-refractivity contribution in [2.75, 3.05) is 54.7 Å². The molecule has 128 heavy (non-hydrogen) atoms. The molecule has 4 bridgehead atoms. The molecule has 10 N–H and O–H groups in total. The second-order valence-corrected chi connectivity index (χ2v) is 32.6. The van der Waals surface area contributed by atoms with E-state index < -0.39 is 192 Å². The molecule has 2 aromatic rings. The Bertz CT molecular complexity index is 4860. The molecule has 36 heteroatoms. The fraction of sp³-hybridized carbons (Fsp3) is 0.457. The number of hydrogen-bond donors (Lipinski definition) is 8. The van der Waals surface area contributed by atoms with Crippen LogP contribution in [0, 0.1) is 23.7 Å². The van der Waals surface area contributed by atoms with Crippen molar-refractivity contribution in [3.05, 3.63) is 187 Å². The van der Waals surface area contributed by atoms with Crippen LogP contribution in [0.3, 0.4) is 0 Å². The van der Waals surface area contributed by atoms with E-state index in [9.17, 15) is 96.5 Å². The number of amides is 10. The Hall–Kier alpha value is -12.7. The maximum absolute atomic E-state index is 14.1. The number of methoxy groups -OCH3 is 4. The zero-order valence-electron chi connectivity index (χ0n) is 73.2. The number of benzene rings is 2. The van der Waals surface area contributed by atoms with Crippen molar-refractivity contribution in [3.8, 4) is 0 Å². The lowest BCUT2D eigenvalue weighted by Crippen LogP contribution is -2.54. The molecule has 684 valence electrons. The van der Waals surface area contributed by atoms with Gasteiger partial charge in [0, 0.05) is 101 Å². The van der Waals surface area contributed by atoms with Crippen molar-refractivity contribution in [1.29, 1.82) is 0 Å². The quantitative estimate of drug-likeness (QED) is 0.0219. The van der Waals surface area contributed by atoms with Crippen LogP contribution in [-0.2, 0) is 108 Å². The molecule has 0 unspecified atom stereocenters. The summed E-state index contributed by atoms with van der Waals surface area (Å²) in [5.74, 6) is -11.9. The van der Waals surface area contributed by atoms with E-state index >= 15 is 0 Å². The lowest BCUT2D eigenvalue weighted by atomic mass is 9.82. The number of nitrogens with one attached hydrogen (secondary N) is 4. The van der Waals surface area contributed by atoms with Gasteiger partial charge in [-0.2, -0.15) is 0 Å². The first kappa shape index (κ1) is 99.0. The Morgan fingerprint density at radius 3 is 1.21 bits per heavy atom. The fourth-order valence-corrected chi connectivity index (χ4v) is 16.5. The highest BCUT2D eigenvalue weighted by Crippen LogP contribution is 2.37. The number of ketones is 6. The maximum atomic E-state index is 14.1. The molecule has 4 aliphatic carbocycles. The molecule has 2 fully saturated rings. The molecule has 0 saturated carbocycles. The topological polar surface area (TPSA) is 528 Å². The van der Waals surface area contributed by atoms with E-state index in [4.69, 9.17) is 49.4 Å². The lowest BCUT2D eigenvalue weighted by molar-refractivity contribution is -0.143. The molecule has 8 aliphatic rings. The van der Waals surface area contributed by atoms with E-state index in [0.29, 0.717) is 11.1 Å². The van der Waals surface area contributed by atoms with Gasteiger partial charge in [0.25, 0.3) is 23.6 Å². The normalized spacial score (nSPS) is 28.4. The summed E-state index contributed by atoms with van der Waals surface area (Å²) in [5.41, 5.74) is 12.7. The SMILES string of the molecule is CO[C@H]1/C=C\C=C(/C)C(=O)CC2=CC(=O)C(NCCOC(=O)Cc3cccc4c3C(=O)N([C@@H]3CCC(=O)NC3=O)C4=O)=C(C[C@@H](C)C[C@H](OC)[C@@H](O)[C@@H](C)/C=C(\C)[C@@H]1OC(N)=O)C2=O.CO[C@H]1/C=C\C=C(/C)C(=O)CC2=CC(=O)C(NCCOC(=O)Cc3cccc4c3C(=O)N([C@H]3CCC(=O)NC3=O)C4=O)=C(C[C@@H](C)C[C@H](OC)[C@@H](O)[C@@H](C)/C=C(\C)[C@@H]1OC(N)=O)C2=O. The molecule has 0 spiro atoms. The highest BCUT2D eigenvalue weighted by Gasteiger charge is 2.48. The number of rotatable bonds is 20. The first-order valence-electron chi connectivity index (χ1n) is 41.8. The van der Waals surface area contributed by atoms with Gasteiger partial charge in [-0.25, -0.2) is 9.59 Å². The second-order valence-electron chi connectivity index (χ2n) is 32.6. The third-order valence-corrected chi connectivity index (χ3v) is 23.2. The van der Waals surface area contributed by atoms with Gasteiger partial charge in [0.15, 0.2) is 35.3 Å². The van der Waals surface area contributed by atoms with Crippen molar-refractivity contribution < 1.29 is 134 Å². The number of esters is 2. The first-order chi connectivity index (χ1) is 60.7. The smallest absolute Gasteiger partial charge is 0.405 e. The van der Waals surface area contributed by atoms with Crippen LogP contribution in [-0.4, -0.2) is 242 Å².